The van der Waals surface area contributed by atoms with Crippen molar-refractivity contribution in [2.45, 2.75) is 69.5 Å². The van der Waals surface area contributed by atoms with Gasteiger partial charge in [0.15, 0.2) is 0 Å². The van der Waals surface area contributed by atoms with Crippen molar-refractivity contribution in [1.82, 2.24) is 15.1 Å². The van der Waals surface area contributed by atoms with Gasteiger partial charge in [0, 0.05) is 31.7 Å². The number of carbonyl (C=O) groups is 1. The molecule has 1 saturated carbocycles. The van der Waals surface area contributed by atoms with E-state index in [-0.39, 0.29) is 6.04 Å². The van der Waals surface area contributed by atoms with Crippen molar-refractivity contribution in [3.63, 3.8) is 0 Å². The molecule has 0 aromatic carbocycles. The molecular weight excluding hydrogens is 262 g/mol. The molecule has 4 nitrogen and oxygen atoms in total. The normalized spacial score (nSPS) is 40.7. The van der Waals surface area contributed by atoms with E-state index >= 15 is 0 Å². The number of piperidine rings is 1. The Kier molecular flexibility index (Phi) is 3.92. The monoisotopic (exact) mass is 291 g/mol. The minimum absolute atomic E-state index is 0.109. The summed E-state index contributed by atoms with van der Waals surface area (Å²) in [6.07, 6.45) is 10.3. The van der Waals surface area contributed by atoms with E-state index in [0.29, 0.717) is 18.0 Å². The molecule has 1 amide bonds. The van der Waals surface area contributed by atoms with Gasteiger partial charge < -0.3 is 10.2 Å². The first kappa shape index (κ1) is 14.0. The zero-order valence-electron chi connectivity index (χ0n) is 13.1. The van der Waals surface area contributed by atoms with Gasteiger partial charge in [-0.2, -0.15) is 0 Å². The number of amides is 1. The van der Waals surface area contributed by atoms with Gasteiger partial charge in [-0.3, -0.25) is 9.69 Å². The fourth-order valence-electron chi connectivity index (χ4n) is 5.10. The fraction of sp³-hybridized carbons (Fsp3) is 0.941. The van der Waals surface area contributed by atoms with E-state index in [4.69, 9.17) is 0 Å². The maximum absolute atomic E-state index is 12.9. The molecule has 3 aliphatic heterocycles. The molecule has 4 atom stereocenters. The summed E-state index contributed by atoms with van der Waals surface area (Å²) in [5.41, 5.74) is 0. The molecule has 4 rings (SSSR count). The molecule has 4 fully saturated rings. The van der Waals surface area contributed by atoms with Crippen molar-refractivity contribution >= 4 is 5.91 Å². The Bertz CT molecular complexity index is 399. The third-order valence-electron chi connectivity index (χ3n) is 6.35. The predicted molar refractivity (Wildman–Crippen MR) is 83.1 cm³/mol. The molecule has 1 aliphatic carbocycles. The van der Waals surface area contributed by atoms with Crippen LogP contribution in [0.15, 0.2) is 0 Å². The average Bonchev–Trinajstić information content (AvgIpc) is 3.01. The summed E-state index contributed by atoms with van der Waals surface area (Å²) in [7, 11) is 0. The lowest BCUT2D eigenvalue weighted by Gasteiger charge is -2.43. The summed E-state index contributed by atoms with van der Waals surface area (Å²) in [6, 6.07) is 1.38. The Labute approximate surface area is 128 Å². The number of rotatable bonds is 1. The van der Waals surface area contributed by atoms with Crippen molar-refractivity contribution in [1.29, 1.82) is 0 Å². The van der Waals surface area contributed by atoms with E-state index in [0.717, 1.165) is 32.0 Å². The first-order valence-electron chi connectivity index (χ1n) is 9.10. The molecule has 4 aliphatic rings. The number of hydrogen-bond acceptors (Lipinski definition) is 3. The van der Waals surface area contributed by atoms with Crippen LogP contribution in [0.25, 0.3) is 0 Å². The Hall–Kier alpha value is -0.610. The van der Waals surface area contributed by atoms with Crippen molar-refractivity contribution in [2.24, 2.45) is 5.92 Å². The van der Waals surface area contributed by atoms with Crippen LogP contribution in [-0.2, 0) is 4.79 Å². The van der Waals surface area contributed by atoms with Gasteiger partial charge in [-0.1, -0.05) is 12.8 Å². The summed E-state index contributed by atoms with van der Waals surface area (Å²) in [4.78, 5) is 17.6. The lowest BCUT2D eigenvalue weighted by molar-refractivity contribution is -0.137. The van der Waals surface area contributed by atoms with Gasteiger partial charge in [0.25, 0.3) is 0 Å². The van der Waals surface area contributed by atoms with E-state index < -0.39 is 0 Å². The lowest BCUT2D eigenvalue weighted by atomic mass is 9.77. The van der Waals surface area contributed by atoms with Crippen LogP contribution in [0, 0.1) is 5.92 Å². The second-order valence-corrected chi connectivity index (χ2v) is 7.56. The van der Waals surface area contributed by atoms with Crippen LogP contribution in [0.1, 0.15) is 51.4 Å². The minimum atomic E-state index is 0.109. The summed E-state index contributed by atoms with van der Waals surface area (Å²) in [5, 5.41) is 3.71. The van der Waals surface area contributed by atoms with Crippen LogP contribution in [-0.4, -0.2) is 60.0 Å². The number of carbonyl (C=O) groups excluding carboxylic acids is 1. The van der Waals surface area contributed by atoms with Crippen LogP contribution in [0.4, 0.5) is 0 Å². The van der Waals surface area contributed by atoms with Crippen molar-refractivity contribution in [3.8, 4) is 0 Å². The van der Waals surface area contributed by atoms with E-state index in [1.807, 2.05) is 0 Å². The van der Waals surface area contributed by atoms with E-state index in [9.17, 15) is 4.79 Å². The van der Waals surface area contributed by atoms with Gasteiger partial charge in [-0.25, -0.2) is 0 Å². The number of nitrogens with zero attached hydrogens (tertiary/aromatic N) is 2. The van der Waals surface area contributed by atoms with Gasteiger partial charge in [0.05, 0.1) is 6.04 Å². The topological polar surface area (TPSA) is 35.6 Å². The zero-order chi connectivity index (χ0) is 14.2. The second kappa shape index (κ2) is 5.88. The van der Waals surface area contributed by atoms with Crippen LogP contribution >= 0.6 is 0 Å². The van der Waals surface area contributed by atoms with E-state index in [1.54, 1.807) is 0 Å². The summed E-state index contributed by atoms with van der Waals surface area (Å²) in [5.74, 6) is 1.24. The highest BCUT2D eigenvalue weighted by atomic mass is 16.2. The molecule has 0 aromatic heterocycles. The van der Waals surface area contributed by atoms with Crippen LogP contribution in [0.3, 0.4) is 0 Å². The molecular formula is C17H29N3O. The Morgan fingerprint density at radius 3 is 2.76 bits per heavy atom. The molecule has 3 heterocycles. The average molecular weight is 291 g/mol. The van der Waals surface area contributed by atoms with Crippen molar-refractivity contribution in [2.75, 3.05) is 26.2 Å². The quantitative estimate of drug-likeness (QED) is 0.797. The third kappa shape index (κ3) is 2.72. The number of hydrogen-bond donors (Lipinski definition) is 1. The SMILES string of the molecule is O=C(C1CCC2CCCCC2N1)N1CCN2CCCC2C1. The molecule has 4 unspecified atom stereocenters. The molecule has 4 heteroatoms. The first-order valence-corrected chi connectivity index (χ1v) is 9.10. The number of fused-ring (bicyclic) bond motifs is 2. The zero-order valence-corrected chi connectivity index (χ0v) is 13.1. The lowest BCUT2D eigenvalue weighted by Crippen LogP contribution is -2.59. The van der Waals surface area contributed by atoms with Gasteiger partial charge in [0.1, 0.15) is 0 Å². The maximum atomic E-state index is 12.9. The van der Waals surface area contributed by atoms with Crippen molar-refractivity contribution < 1.29 is 4.79 Å². The fourth-order valence-corrected chi connectivity index (χ4v) is 5.10. The summed E-state index contributed by atoms with van der Waals surface area (Å²) >= 11 is 0. The molecule has 0 radical (unpaired) electrons. The Balaban J connectivity index is 1.36. The van der Waals surface area contributed by atoms with Gasteiger partial charge >= 0.3 is 0 Å². The highest BCUT2D eigenvalue weighted by molar-refractivity contribution is 5.82. The molecule has 0 bridgehead atoms. The highest BCUT2D eigenvalue weighted by Gasteiger charge is 2.38. The first-order chi connectivity index (χ1) is 10.3. The minimum Gasteiger partial charge on any atom is -0.338 e. The summed E-state index contributed by atoms with van der Waals surface area (Å²) < 4.78 is 0. The van der Waals surface area contributed by atoms with Crippen LogP contribution in [0.5, 0.6) is 0 Å². The number of piperazine rings is 1. The maximum Gasteiger partial charge on any atom is 0.239 e. The predicted octanol–water partition coefficient (Wildman–Crippen LogP) is 1.60. The molecule has 21 heavy (non-hydrogen) atoms. The molecule has 118 valence electrons. The van der Waals surface area contributed by atoms with Crippen molar-refractivity contribution in [3.05, 3.63) is 0 Å². The molecule has 3 saturated heterocycles. The van der Waals surface area contributed by atoms with Crippen LogP contribution in [0.2, 0.25) is 0 Å². The Morgan fingerprint density at radius 2 is 1.81 bits per heavy atom. The number of nitrogens with one attached hydrogen (secondary N) is 1. The van der Waals surface area contributed by atoms with Gasteiger partial charge in [0.2, 0.25) is 5.91 Å². The molecule has 1 N–H and O–H groups in total. The standard InChI is InChI=1S/C17H29N3O/c21-17(20-11-10-19-9-3-5-14(19)12-20)16-8-7-13-4-1-2-6-15(13)18-16/h13-16,18H,1-12H2. The molecule has 0 spiro atoms. The smallest absolute Gasteiger partial charge is 0.239 e. The van der Waals surface area contributed by atoms with E-state index in [2.05, 4.69) is 15.1 Å². The summed E-state index contributed by atoms with van der Waals surface area (Å²) in [6.45, 7) is 4.26. The van der Waals surface area contributed by atoms with E-state index in [1.165, 1.54) is 51.5 Å². The second-order valence-electron chi connectivity index (χ2n) is 7.56. The highest BCUT2D eigenvalue weighted by Crippen LogP contribution is 2.33. The van der Waals surface area contributed by atoms with Crippen LogP contribution < -0.4 is 5.32 Å². The molecule has 0 aromatic rings. The largest absolute Gasteiger partial charge is 0.338 e. The van der Waals surface area contributed by atoms with Gasteiger partial charge in [-0.05, 0) is 51.0 Å². The third-order valence-corrected chi connectivity index (χ3v) is 6.35. The van der Waals surface area contributed by atoms with Gasteiger partial charge in [-0.15, -0.1) is 0 Å². The Morgan fingerprint density at radius 1 is 0.905 bits per heavy atom.